The molecule has 2 heterocycles. The van der Waals surface area contributed by atoms with Crippen LogP contribution in [-0.2, 0) is 19.3 Å². The predicted molar refractivity (Wildman–Crippen MR) is 76.8 cm³/mol. The van der Waals surface area contributed by atoms with Gasteiger partial charge in [0.1, 0.15) is 12.4 Å². The second-order valence-corrected chi connectivity index (χ2v) is 4.74. The fourth-order valence-electron chi connectivity index (χ4n) is 2.94. The predicted octanol–water partition coefficient (Wildman–Crippen LogP) is 2.38. The van der Waals surface area contributed by atoms with E-state index in [9.17, 15) is 0 Å². The molecule has 100 valence electrons. The number of benzene rings is 1. The molecule has 0 spiro atoms. The van der Waals surface area contributed by atoms with Gasteiger partial charge in [0.2, 0.25) is 0 Å². The van der Waals surface area contributed by atoms with Crippen LogP contribution in [-0.4, -0.2) is 26.2 Å². The Hall–Kier alpha value is -1.22. The zero-order chi connectivity index (χ0) is 11.7. The monoisotopic (exact) mass is 248 g/mol. The Balaban J connectivity index is 0.00000120. The van der Waals surface area contributed by atoms with Crippen LogP contribution in [0.2, 0.25) is 0 Å². The van der Waals surface area contributed by atoms with E-state index >= 15 is 0 Å². The normalized spacial score (nSPS) is 17.4. The SMILES string of the molecule is C.CCc1c2c(cc3c1NCCO3)CCNCC2. The third-order valence-electron chi connectivity index (χ3n) is 3.74. The van der Waals surface area contributed by atoms with Crippen LogP contribution in [0, 0.1) is 0 Å². The van der Waals surface area contributed by atoms with Gasteiger partial charge >= 0.3 is 0 Å². The largest absolute Gasteiger partial charge is 0.490 e. The first-order valence-electron chi connectivity index (χ1n) is 6.65. The summed E-state index contributed by atoms with van der Waals surface area (Å²) in [6.07, 6.45) is 3.36. The summed E-state index contributed by atoms with van der Waals surface area (Å²) in [5.41, 5.74) is 5.75. The maximum atomic E-state index is 5.79. The van der Waals surface area contributed by atoms with Crippen molar-refractivity contribution in [2.75, 3.05) is 31.6 Å². The number of hydrogen-bond acceptors (Lipinski definition) is 3. The number of anilines is 1. The summed E-state index contributed by atoms with van der Waals surface area (Å²) in [4.78, 5) is 0. The van der Waals surface area contributed by atoms with Gasteiger partial charge in [-0.15, -0.1) is 0 Å². The molecule has 3 rings (SSSR count). The van der Waals surface area contributed by atoms with Gasteiger partial charge in [-0.2, -0.15) is 0 Å². The van der Waals surface area contributed by atoms with Gasteiger partial charge in [0.25, 0.3) is 0 Å². The fourth-order valence-corrected chi connectivity index (χ4v) is 2.94. The van der Waals surface area contributed by atoms with E-state index in [1.807, 2.05) is 0 Å². The Morgan fingerprint density at radius 3 is 2.89 bits per heavy atom. The molecular weight excluding hydrogens is 224 g/mol. The molecule has 0 aromatic heterocycles. The molecule has 2 aliphatic rings. The first kappa shape index (κ1) is 13.2. The summed E-state index contributed by atoms with van der Waals surface area (Å²) < 4.78 is 5.79. The van der Waals surface area contributed by atoms with Crippen molar-refractivity contribution in [1.82, 2.24) is 5.32 Å². The van der Waals surface area contributed by atoms with Crippen LogP contribution in [0.15, 0.2) is 6.07 Å². The number of nitrogens with one attached hydrogen (secondary N) is 2. The number of fused-ring (bicyclic) bond motifs is 2. The van der Waals surface area contributed by atoms with Crippen LogP contribution in [0.4, 0.5) is 5.69 Å². The average Bonchev–Trinajstić information content (AvgIpc) is 2.60. The Kier molecular flexibility index (Phi) is 4.12. The van der Waals surface area contributed by atoms with Crippen LogP contribution >= 0.6 is 0 Å². The molecular formula is C15H24N2O. The molecule has 1 aromatic carbocycles. The lowest BCUT2D eigenvalue weighted by molar-refractivity contribution is 0.322. The van der Waals surface area contributed by atoms with Crippen LogP contribution in [0.3, 0.4) is 0 Å². The van der Waals surface area contributed by atoms with E-state index in [2.05, 4.69) is 23.6 Å². The number of ether oxygens (including phenoxy) is 1. The maximum Gasteiger partial charge on any atom is 0.143 e. The van der Waals surface area contributed by atoms with Crippen molar-refractivity contribution >= 4 is 5.69 Å². The average molecular weight is 248 g/mol. The van der Waals surface area contributed by atoms with E-state index in [0.29, 0.717) is 0 Å². The molecule has 2 aliphatic heterocycles. The topological polar surface area (TPSA) is 33.3 Å². The summed E-state index contributed by atoms with van der Waals surface area (Å²) >= 11 is 0. The molecule has 0 atom stereocenters. The van der Waals surface area contributed by atoms with Gasteiger partial charge in [-0.1, -0.05) is 14.4 Å². The highest BCUT2D eigenvalue weighted by atomic mass is 16.5. The lowest BCUT2D eigenvalue weighted by Gasteiger charge is -2.25. The third-order valence-corrected chi connectivity index (χ3v) is 3.74. The minimum absolute atomic E-state index is 0. The molecule has 0 radical (unpaired) electrons. The number of rotatable bonds is 1. The molecule has 18 heavy (non-hydrogen) atoms. The molecule has 0 saturated carbocycles. The standard InChI is InChI=1S/C14H20N2O.CH4/c1-2-11-12-4-6-15-5-3-10(12)9-13-14(11)16-7-8-17-13;/h9,15-16H,2-8H2,1H3;1H4. The Labute approximate surface area is 110 Å². The highest BCUT2D eigenvalue weighted by Crippen LogP contribution is 2.37. The first-order valence-corrected chi connectivity index (χ1v) is 6.65. The van der Waals surface area contributed by atoms with Crippen molar-refractivity contribution < 1.29 is 4.74 Å². The van der Waals surface area contributed by atoms with Gasteiger partial charge in [0, 0.05) is 6.54 Å². The van der Waals surface area contributed by atoms with Crippen LogP contribution in [0.5, 0.6) is 5.75 Å². The maximum absolute atomic E-state index is 5.79. The molecule has 0 bridgehead atoms. The van der Waals surface area contributed by atoms with Gasteiger partial charge in [0.05, 0.1) is 5.69 Å². The van der Waals surface area contributed by atoms with Crippen molar-refractivity contribution in [2.45, 2.75) is 33.6 Å². The van der Waals surface area contributed by atoms with Gasteiger partial charge in [-0.25, -0.2) is 0 Å². The van der Waals surface area contributed by atoms with Crippen molar-refractivity contribution in [2.24, 2.45) is 0 Å². The van der Waals surface area contributed by atoms with E-state index in [1.165, 1.54) is 16.8 Å². The lowest BCUT2D eigenvalue weighted by atomic mass is 9.93. The van der Waals surface area contributed by atoms with Crippen LogP contribution < -0.4 is 15.4 Å². The van der Waals surface area contributed by atoms with E-state index in [4.69, 9.17) is 4.74 Å². The van der Waals surface area contributed by atoms with Crippen molar-refractivity contribution in [3.63, 3.8) is 0 Å². The van der Waals surface area contributed by atoms with Crippen molar-refractivity contribution in [3.8, 4) is 5.75 Å². The van der Waals surface area contributed by atoms with Crippen LogP contribution in [0.25, 0.3) is 0 Å². The zero-order valence-corrected chi connectivity index (χ0v) is 10.4. The molecule has 0 unspecified atom stereocenters. The molecule has 1 aromatic rings. The van der Waals surface area contributed by atoms with Crippen molar-refractivity contribution in [1.29, 1.82) is 0 Å². The summed E-state index contributed by atoms with van der Waals surface area (Å²) in [5, 5.41) is 6.98. The van der Waals surface area contributed by atoms with Crippen molar-refractivity contribution in [3.05, 3.63) is 22.8 Å². The third kappa shape index (κ3) is 2.19. The summed E-state index contributed by atoms with van der Waals surface area (Å²) in [6, 6.07) is 2.25. The van der Waals surface area contributed by atoms with E-state index in [-0.39, 0.29) is 7.43 Å². The highest BCUT2D eigenvalue weighted by Gasteiger charge is 2.20. The molecule has 3 heteroatoms. The Morgan fingerprint density at radius 2 is 2.06 bits per heavy atom. The van der Waals surface area contributed by atoms with E-state index in [0.717, 1.165) is 51.3 Å². The quantitative estimate of drug-likeness (QED) is 0.800. The molecule has 0 amide bonds. The van der Waals surface area contributed by atoms with Gasteiger partial charge in [-0.3, -0.25) is 0 Å². The second kappa shape index (κ2) is 5.61. The Bertz CT molecular complexity index is 429. The van der Waals surface area contributed by atoms with Gasteiger partial charge in [-0.05, 0) is 55.1 Å². The molecule has 0 fully saturated rings. The highest BCUT2D eigenvalue weighted by molar-refractivity contribution is 5.68. The Morgan fingerprint density at radius 1 is 1.22 bits per heavy atom. The summed E-state index contributed by atoms with van der Waals surface area (Å²) in [6.45, 7) is 6.14. The minimum Gasteiger partial charge on any atom is -0.490 e. The second-order valence-electron chi connectivity index (χ2n) is 4.74. The molecule has 0 saturated heterocycles. The summed E-state index contributed by atoms with van der Waals surface area (Å²) in [7, 11) is 0. The first-order chi connectivity index (χ1) is 8.40. The zero-order valence-electron chi connectivity index (χ0n) is 10.4. The lowest BCUT2D eigenvalue weighted by Crippen LogP contribution is -2.20. The minimum atomic E-state index is 0. The summed E-state index contributed by atoms with van der Waals surface area (Å²) in [5.74, 6) is 1.06. The molecule has 2 N–H and O–H groups in total. The number of hydrogen-bond donors (Lipinski definition) is 2. The van der Waals surface area contributed by atoms with E-state index < -0.39 is 0 Å². The molecule has 0 aliphatic carbocycles. The van der Waals surface area contributed by atoms with E-state index in [1.54, 1.807) is 5.56 Å². The van der Waals surface area contributed by atoms with Gasteiger partial charge < -0.3 is 15.4 Å². The molecule has 3 nitrogen and oxygen atoms in total. The van der Waals surface area contributed by atoms with Gasteiger partial charge in [0.15, 0.2) is 0 Å². The fraction of sp³-hybridized carbons (Fsp3) is 0.600. The van der Waals surface area contributed by atoms with Crippen LogP contribution in [0.1, 0.15) is 31.0 Å². The smallest absolute Gasteiger partial charge is 0.143 e.